The van der Waals surface area contributed by atoms with E-state index in [-0.39, 0.29) is 49.1 Å². The maximum absolute atomic E-state index is 13.9. The van der Waals surface area contributed by atoms with Crippen LogP contribution >= 0.6 is 0 Å². The fourth-order valence-electron chi connectivity index (χ4n) is 6.97. The maximum atomic E-state index is 13.9. The van der Waals surface area contributed by atoms with Crippen LogP contribution in [0.3, 0.4) is 0 Å². The minimum absolute atomic E-state index is 0.0726. The van der Waals surface area contributed by atoms with Crippen LogP contribution in [0.2, 0.25) is 0 Å². The highest BCUT2D eigenvalue weighted by Gasteiger charge is 2.41. The number of hydrogen-bond acceptors (Lipinski definition) is 8. The Morgan fingerprint density at radius 3 is 2.29 bits per heavy atom. The van der Waals surface area contributed by atoms with Gasteiger partial charge in [0.05, 0.1) is 48.9 Å². The Morgan fingerprint density at radius 1 is 0.885 bits per heavy atom. The van der Waals surface area contributed by atoms with Crippen LogP contribution in [0.15, 0.2) is 54.6 Å². The number of rotatable bonds is 21. The average Bonchev–Trinajstić information content (AvgIpc) is 3.57. The molecule has 0 radical (unpaired) electrons. The lowest BCUT2D eigenvalue weighted by atomic mass is 9.79. The fraction of sp³-hybridized carbons (Fsp3) is 0.600. The molecule has 6 N–H and O–H groups in total. The average molecular weight is 722 g/mol. The quantitative estimate of drug-likeness (QED) is 0.0863. The molecule has 12 nitrogen and oxygen atoms in total. The molecule has 2 unspecified atom stereocenters. The number of ether oxygens (including phenoxy) is 2. The Balaban J connectivity index is 1.36. The number of para-hydroxylation sites is 3. The Kier molecular flexibility index (Phi) is 16.4. The molecule has 3 aromatic rings. The number of H-pyrrole nitrogens is 1. The van der Waals surface area contributed by atoms with Gasteiger partial charge < -0.3 is 40.6 Å². The van der Waals surface area contributed by atoms with Crippen LogP contribution in [0.25, 0.3) is 11.0 Å². The highest BCUT2D eigenvalue weighted by atomic mass is 16.5. The molecule has 1 heterocycles. The van der Waals surface area contributed by atoms with Crippen molar-refractivity contribution in [2.45, 2.75) is 110 Å². The third-order valence-electron chi connectivity index (χ3n) is 10.2. The summed E-state index contributed by atoms with van der Waals surface area (Å²) < 4.78 is 11.3. The number of nitrogens with one attached hydrogen (secondary N) is 4. The van der Waals surface area contributed by atoms with Gasteiger partial charge in [-0.05, 0) is 48.4 Å². The third-order valence-corrected chi connectivity index (χ3v) is 10.2. The Morgan fingerprint density at radius 2 is 1.60 bits per heavy atom. The fourth-order valence-corrected chi connectivity index (χ4v) is 6.97. The second-order valence-electron chi connectivity index (χ2n) is 14.5. The van der Waals surface area contributed by atoms with Crippen molar-refractivity contribution in [3.63, 3.8) is 0 Å². The molecular formula is C40H59N5O7. The molecule has 1 saturated carbocycles. The zero-order valence-electron chi connectivity index (χ0n) is 31.2. The standard InChI is InChI=1S/C40H59N5O7/c1-5-27(4)36(40(50)41-25-33-42-30-18-12-13-19-31(30)43-33)45-39(49)35(26(2)3)38(48)37(47)32(24-28-14-8-6-9-15-28)44-34(46)20-21-51-22-23-52-29-16-10-7-11-17-29/h7,10-13,16-19,26-28,32,35-38,47-48H,5-6,8-9,14-15,20-25H2,1-4H3,(H,41,50)(H,42,43)(H,44,46)(H,45,49)/t27?,32-,35+,36?,37+,38+/m0/s1. The summed E-state index contributed by atoms with van der Waals surface area (Å²) in [5, 5.41) is 32.1. The number of nitrogens with zero attached hydrogens (tertiary/aromatic N) is 1. The van der Waals surface area contributed by atoms with Gasteiger partial charge in [-0.15, -0.1) is 0 Å². The number of fused-ring (bicyclic) bond motifs is 1. The van der Waals surface area contributed by atoms with Gasteiger partial charge in [-0.3, -0.25) is 14.4 Å². The van der Waals surface area contributed by atoms with Gasteiger partial charge in [0.25, 0.3) is 0 Å². The topological polar surface area (TPSA) is 175 Å². The number of carbonyl (C=O) groups is 3. The minimum Gasteiger partial charge on any atom is -0.491 e. The summed E-state index contributed by atoms with van der Waals surface area (Å²) in [5.74, 6) is -1.20. The first kappa shape index (κ1) is 40.8. The number of amides is 3. The molecule has 2 aromatic carbocycles. The molecule has 52 heavy (non-hydrogen) atoms. The monoisotopic (exact) mass is 721 g/mol. The van der Waals surface area contributed by atoms with Crippen molar-refractivity contribution in [2.75, 3.05) is 19.8 Å². The molecule has 1 aromatic heterocycles. The molecule has 3 amide bonds. The number of aromatic nitrogens is 2. The lowest BCUT2D eigenvalue weighted by molar-refractivity contribution is -0.140. The van der Waals surface area contributed by atoms with Gasteiger partial charge in [0.15, 0.2) is 0 Å². The van der Waals surface area contributed by atoms with Crippen LogP contribution in [-0.2, 0) is 25.7 Å². The summed E-state index contributed by atoms with van der Waals surface area (Å²) in [6.45, 7) is 8.41. The van der Waals surface area contributed by atoms with Crippen LogP contribution in [0.4, 0.5) is 0 Å². The third kappa shape index (κ3) is 12.3. The summed E-state index contributed by atoms with van der Waals surface area (Å²) in [6, 6.07) is 15.4. The lowest BCUT2D eigenvalue weighted by Gasteiger charge is -2.36. The molecule has 6 atom stereocenters. The number of aliphatic hydroxyl groups excluding tert-OH is 2. The Bertz CT molecular complexity index is 1490. The van der Waals surface area contributed by atoms with Crippen molar-refractivity contribution in [3.05, 3.63) is 60.4 Å². The minimum atomic E-state index is -1.49. The first-order valence-corrected chi connectivity index (χ1v) is 19.0. The summed E-state index contributed by atoms with van der Waals surface area (Å²) in [6.07, 6.45) is 3.56. The van der Waals surface area contributed by atoms with Crippen molar-refractivity contribution in [1.29, 1.82) is 0 Å². The van der Waals surface area contributed by atoms with Crippen molar-refractivity contribution in [2.24, 2.45) is 23.7 Å². The van der Waals surface area contributed by atoms with E-state index in [0.717, 1.165) is 48.9 Å². The molecule has 0 bridgehead atoms. The summed E-state index contributed by atoms with van der Waals surface area (Å²) >= 11 is 0. The predicted molar refractivity (Wildman–Crippen MR) is 200 cm³/mol. The van der Waals surface area contributed by atoms with Crippen molar-refractivity contribution < 1.29 is 34.1 Å². The molecule has 0 aliphatic heterocycles. The molecule has 12 heteroatoms. The van der Waals surface area contributed by atoms with Crippen LogP contribution in [0.5, 0.6) is 5.75 Å². The number of benzene rings is 2. The number of imidazole rings is 1. The van der Waals surface area contributed by atoms with E-state index in [1.54, 1.807) is 13.8 Å². The van der Waals surface area contributed by atoms with Gasteiger partial charge in [0.1, 0.15) is 30.3 Å². The predicted octanol–water partition coefficient (Wildman–Crippen LogP) is 4.64. The summed E-state index contributed by atoms with van der Waals surface area (Å²) in [5.41, 5.74) is 1.66. The van der Waals surface area contributed by atoms with E-state index in [4.69, 9.17) is 9.47 Å². The first-order chi connectivity index (χ1) is 25.1. The van der Waals surface area contributed by atoms with E-state index in [1.807, 2.05) is 68.4 Å². The van der Waals surface area contributed by atoms with E-state index < -0.39 is 36.1 Å². The molecule has 1 fully saturated rings. The van der Waals surface area contributed by atoms with Crippen molar-refractivity contribution in [3.8, 4) is 5.75 Å². The number of aromatic amines is 1. The second kappa shape index (κ2) is 20.9. The van der Waals surface area contributed by atoms with E-state index in [2.05, 4.69) is 25.9 Å². The SMILES string of the molecule is CCC(C)C(NC(=O)[C@H](C(C)C)[C@@H](O)[C@H](O)[C@H](CC1CCCCC1)NC(=O)CCOCCOc1ccccc1)C(=O)NCc1nc2ccccc2[nH]1. The van der Waals surface area contributed by atoms with E-state index in [9.17, 15) is 24.6 Å². The maximum Gasteiger partial charge on any atom is 0.243 e. The number of hydrogen-bond donors (Lipinski definition) is 6. The van der Waals surface area contributed by atoms with Gasteiger partial charge in [0.2, 0.25) is 17.7 Å². The first-order valence-electron chi connectivity index (χ1n) is 19.0. The molecule has 0 saturated heterocycles. The smallest absolute Gasteiger partial charge is 0.243 e. The number of aliphatic hydroxyl groups is 2. The zero-order chi connectivity index (χ0) is 37.5. The highest BCUT2D eigenvalue weighted by molar-refractivity contribution is 5.89. The second-order valence-corrected chi connectivity index (χ2v) is 14.5. The summed E-state index contributed by atoms with van der Waals surface area (Å²) in [7, 11) is 0. The molecular weight excluding hydrogens is 662 g/mol. The van der Waals surface area contributed by atoms with Crippen LogP contribution in [-0.4, -0.2) is 82.0 Å². The molecule has 0 spiro atoms. The van der Waals surface area contributed by atoms with Crippen LogP contribution in [0, 0.1) is 23.7 Å². The van der Waals surface area contributed by atoms with E-state index in [1.165, 1.54) is 0 Å². The van der Waals surface area contributed by atoms with Crippen LogP contribution in [0.1, 0.15) is 84.9 Å². The van der Waals surface area contributed by atoms with Gasteiger partial charge in [-0.1, -0.05) is 96.6 Å². The molecule has 4 rings (SSSR count). The van der Waals surface area contributed by atoms with Gasteiger partial charge in [-0.25, -0.2) is 4.98 Å². The van der Waals surface area contributed by atoms with Gasteiger partial charge >= 0.3 is 0 Å². The van der Waals surface area contributed by atoms with E-state index in [0.29, 0.717) is 31.9 Å². The molecule has 1 aliphatic rings. The van der Waals surface area contributed by atoms with Gasteiger partial charge in [-0.2, -0.15) is 0 Å². The lowest BCUT2D eigenvalue weighted by Crippen LogP contribution is -2.57. The van der Waals surface area contributed by atoms with Crippen molar-refractivity contribution >= 4 is 28.8 Å². The van der Waals surface area contributed by atoms with E-state index >= 15 is 0 Å². The normalized spacial score (nSPS) is 17.1. The zero-order valence-corrected chi connectivity index (χ0v) is 31.2. The molecule has 1 aliphatic carbocycles. The largest absolute Gasteiger partial charge is 0.491 e. The van der Waals surface area contributed by atoms with Gasteiger partial charge in [0, 0.05) is 6.42 Å². The molecule has 286 valence electrons. The summed E-state index contributed by atoms with van der Waals surface area (Å²) in [4.78, 5) is 48.2. The van der Waals surface area contributed by atoms with Crippen molar-refractivity contribution in [1.82, 2.24) is 25.9 Å². The Labute approximate surface area is 307 Å². The Hall–Kier alpha value is -4.00. The number of carbonyl (C=O) groups excluding carboxylic acids is 3. The highest BCUT2D eigenvalue weighted by Crippen LogP contribution is 2.30. The van der Waals surface area contributed by atoms with Crippen LogP contribution < -0.4 is 20.7 Å².